The second-order valence-electron chi connectivity index (χ2n) is 4.36. The molecule has 17 heavy (non-hydrogen) atoms. The summed E-state index contributed by atoms with van der Waals surface area (Å²) in [6, 6.07) is 3.89. The summed E-state index contributed by atoms with van der Waals surface area (Å²) >= 11 is 0. The molecule has 1 heterocycles. The first-order valence-electron chi connectivity index (χ1n) is 6.01. The summed E-state index contributed by atoms with van der Waals surface area (Å²) in [6.07, 6.45) is 2.97. The highest BCUT2D eigenvalue weighted by Gasteiger charge is 2.12. The van der Waals surface area contributed by atoms with Crippen LogP contribution in [0, 0.1) is 11.6 Å². The van der Waals surface area contributed by atoms with Gasteiger partial charge in [0.05, 0.1) is 0 Å². The van der Waals surface area contributed by atoms with Gasteiger partial charge in [0.25, 0.3) is 0 Å². The maximum atomic E-state index is 13.4. The van der Waals surface area contributed by atoms with E-state index in [4.69, 9.17) is 4.74 Å². The molecule has 0 bridgehead atoms. The smallest absolute Gasteiger partial charge is 0.127 e. The number of benzene rings is 1. The van der Waals surface area contributed by atoms with Crippen LogP contribution in [-0.2, 0) is 11.3 Å². The maximum absolute atomic E-state index is 13.4. The largest absolute Gasteiger partial charge is 0.381 e. The van der Waals surface area contributed by atoms with Crippen LogP contribution in [0.2, 0.25) is 0 Å². The predicted molar refractivity (Wildman–Crippen MR) is 61.7 cm³/mol. The Morgan fingerprint density at radius 3 is 3.00 bits per heavy atom. The van der Waals surface area contributed by atoms with Crippen LogP contribution in [-0.4, -0.2) is 19.3 Å². The molecule has 4 heteroatoms. The van der Waals surface area contributed by atoms with Crippen LogP contribution in [0.1, 0.15) is 24.8 Å². The van der Waals surface area contributed by atoms with Gasteiger partial charge in [0.2, 0.25) is 0 Å². The molecule has 0 aromatic heterocycles. The molecule has 2 rings (SSSR count). The monoisotopic (exact) mass is 241 g/mol. The van der Waals surface area contributed by atoms with Crippen LogP contribution in [0.4, 0.5) is 8.78 Å². The lowest BCUT2D eigenvalue weighted by Gasteiger charge is -2.15. The number of rotatable bonds is 3. The Morgan fingerprint density at radius 1 is 1.24 bits per heavy atom. The Balaban J connectivity index is 1.89. The summed E-state index contributed by atoms with van der Waals surface area (Å²) in [5, 5.41) is 3.26. The number of hydrogen-bond acceptors (Lipinski definition) is 2. The SMILES string of the molecule is Fc1ccc(F)c(CNC2CCCOCC2)c1. The van der Waals surface area contributed by atoms with Crippen LogP contribution < -0.4 is 5.32 Å². The lowest BCUT2D eigenvalue weighted by atomic mass is 10.1. The molecule has 1 fully saturated rings. The van der Waals surface area contributed by atoms with E-state index in [1.807, 2.05) is 0 Å². The minimum atomic E-state index is -0.396. The highest BCUT2D eigenvalue weighted by molar-refractivity contribution is 5.18. The zero-order chi connectivity index (χ0) is 12.1. The molecule has 0 amide bonds. The molecule has 1 atom stereocenters. The van der Waals surface area contributed by atoms with E-state index in [0.29, 0.717) is 18.2 Å². The highest BCUT2D eigenvalue weighted by Crippen LogP contribution is 2.12. The molecule has 94 valence electrons. The van der Waals surface area contributed by atoms with E-state index in [-0.39, 0.29) is 5.82 Å². The highest BCUT2D eigenvalue weighted by atomic mass is 19.1. The summed E-state index contributed by atoms with van der Waals surface area (Å²) in [5.41, 5.74) is 0.384. The molecule has 2 nitrogen and oxygen atoms in total. The number of ether oxygens (including phenoxy) is 1. The molecular weight excluding hydrogens is 224 g/mol. The van der Waals surface area contributed by atoms with Crippen molar-refractivity contribution in [3.8, 4) is 0 Å². The first-order valence-corrected chi connectivity index (χ1v) is 6.01. The van der Waals surface area contributed by atoms with Gasteiger partial charge < -0.3 is 10.1 Å². The summed E-state index contributed by atoms with van der Waals surface area (Å²) in [4.78, 5) is 0. The van der Waals surface area contributed by atoms with Crippen molar-refractivity contribution < 1.29 is 13.5 Å². The second kappa shape index (κ2) is 6.07. The van der Waals surface area contributed by atoms with Crippen LogP contribution in [0.3, 0.4) is 0 Å². The third-order valence-corrected chi connectivity index (χ3v) is 3.04. The third-order valence-electron chi connectivity index (χ3n) is 3.04. The summed E-state index contributed by atoms with van der Waals surface area (Å²) in [6.45, 7) is 1.91. The van der Waals surface area contributed by atoms with E-state index in [2.05, 4.69) is 5.32 Å². The van der Waals surface area contributed by atoms with E-state index in [1.165, 1.54) is 12.1 Å². The van der Waals surface area contributed by atoms with Crippen molar-refractivity contribution in [3.63, 3.8) is 0 Å². The minimum absolute atomic E-state index is 0.333. The Morgan fingerprint density at radius 2 is 2.12 bits per heavy atom. The van der Waals surface area contributed by atoms with Crippen molar-refractivity contribution in [2.75, 3.05) is 13.2 Å². The van der Waals surface area contributed by atoms with Gasteiger partial charge in [-0.3, -0.25) is 0 Å². The topological polar surface area (TPSA) is 21.3 Å². The maximum Gasteiger partial charge on any atom is 0.127 e. The Hall–Kier alpha value is -1.00. The van der Waals surface area contributed by atoms with E-state index in [1.54, 1.807) is 0 Å². The fourth-order valence-electron chi connectivity index (χ4n) is 2.04. The number of nitrogens with one attached hydrogen (secondary N) is 1. The van der Waals surface area contributed by atoms with Crippen LogP contribution >= 0.6 is 0 Å². The summed E-state index contributed by atoms with van der Waals surface area (Å²) in [7, 11) is 0. The molecule has 0 saturated carbocycles. The lowest BCUT2D eigenvalue weighted by Crippen LogP contribution is -2.29. The van der Waals surface area contributed by atoms with E-state index < -0.39 is 5.82 Å². The van der Waals surface area contributed by atoms with Gasteiger partial charge in [0, 0.05) is 31.4 Å². The zero-order valence-corrected chi connectivity index (χ0v) is 9.72. The van der Waals surface area contributed by atoms with Crippen molar-refractivity contribution in [2.45, 2.75) is 31.8 Å². The van der Waals surface area contributed by atoms with Crippen molar-refractivity contribution in [3.05, 3.63) is 35.4 Å². The minimum Gasteiger partial charge on any atom is -0.381 e. The average Bonchev–Trinajstić information content (AvgIpc) is 2.59. The fraction of sp³-hybridized carbons (Fsp3) is 0.538. The second-order valence-corrected chi connectivity index (χ2v) is 4.36. The lowest BCUT2D eigenvalue weighted by molar-refractivity contribution is 0.142. The van der Waals surface area contributed by atoms with Gasteiger partial charge in [0.1, 0.15) is 11.6 Å². The predicted octanol–water partition coefficient (Wildman–Crippen LogP) is 2.62. The normalized spacial score (nSPS) is 21.2. The van der Waals surface area contributed by atoms with E-state index in [0.717, 1.165) is 38.5 Å². The van der Waals surface area contributed by atoms with Gasteiger partial charge in [-0.2, -0.15) is 0 Å². The number of halogens is 2. The molecule has 1 aromatic rings. The fourth-order valence-corrected chi connectivity index (χ4v) is 2.04. The first kappa shape index (κ1) is 12.5. The molecule has 1 N–H and O–H groups in total. The Labute approximate surface area is 100.0 Å². The van der Waals surface area contributed by atoms with E-state index >= 15 is 0 Å². The standard InChI is InChI=1S/C13H17F2NO/c14-11-3-4-13(15)10(8-11)9-16-12-2-1-6-17-7-5-12/h3-4,8,12,16H,1-2,5-7,9H2. The first-order chi connectivity index (χ1) is 8.25. The van der Waals surface area contributed by atoms with Gasteiger partial charge in [-0.05, 0) is 37.5 Å². The molecule has 0 spiro atoms. The Bertz CT molecular complexity index is 362. The molecule has 1 aromatic carbocycles. The van der Waals surface area contributed by atoms with Gasteiger partial charge in [-0.15, -0.1) is 0 Å². The summed E-state index contributed by atoms with van der Waals surface area (Å²) < 4.78 is 31.7. The van der Waals surface area contributed by atoms with Gasteiger partial charge in [0.15, 0.2) is 0 Å². The van der Waals surface area contributed by atoms with Crippen molar-refractivity contribution in [1.82, 2.24) is 5.32 Å². The van der Waals surface area contributed by atoms with Gasteiger partial charge in [-0.1, -0.05) is 0 Å². The molecule has 1 unspecified atom stereocenters. The van der Waals surface area contributed by atoms with Crippen molar-refractivity contribution in [1.29, 1.82) is 0 Å². The van der Waals surface area contributed by atoms with Gasteiger partial charge >= 0.3 is 0 Å². The van der Waals surface area contributed by atoms with E-state index in [9.17, 15) is 8.78 Å². The summed E-state index contributed by atoms with van der Waals surface area (Å²) in [5.74, 6) is -0.754. The van der Waals surface area contributed by atoms with Crippen LogP contribution in [0.25, 0.3) is 0 Å². The molecule has 1 saturated heterocycles. The molecule has 0 aliphatic carbocycles. The average molecular weight is 241 g/mol. The van der Waals surface area contributed by atoms with Crippen LogP contribution in [0.15, 0.2) is 18.2 Å². The van der Waals surface area contributed by atoms with Crippen LogP contribution in [0.5, 0.6) is 0 Å². The molecule has 1 aliphatic heterocycles. The molecule has 1 aliphatic rings. The van der Waals surface area contributed by atoms with Crippen molar-refractivity contribution in [2.24, 2.45) is 0 Å². The van der Waals surface area contributed by atoms with Gasteiger partial charge in [-0.25, -0.2) is 8.78 Å². The molecular formula is C13H17F2NO. The van der Waals surface area contributed by atoms with Crippen molar-refractivity contribution >= 4 is 0 Å². The molecule has 0 radical (unpaired) electrons. The third kappa shape index (κ3) is 3.75. The zero-order valence-electron chi connectivity index (χ0n) is 9.72. The Kier molecular flexibility index (Phi) is 4.45. The quantitative estimate of drug-likeness (QED) is 0.878. The number of hydrogen-bond donors (Lipinski definition) is 1.